The monoisotopic (exact) mass is 393 g/mol. The molecule has 0 saturated carbocycles. The molecule has 0 aromatic heterocycles. The van der Waals surface area contributed by atoms with Crippen LogP contribution in [-0.4, -0.2) is 62.8 Å². The van der Waals surface area contributed by atoms with Gasteiger partial charge in [0.15, 0.2) is 0 Å². The molecule has 7 nitrogen and oxygen atoms in total. The molecule has 148 valence electrons. The first-order valence-corrected chi connectivity index (χ1v) is 11.1. The van der Waals surface area contributed by atoms with Crippen LogP contribution in [0.25, 0.3) is 0 Å². The highest BCUT2D eigenvalue weighted by Gasteiger charge is 2.31. The lowest BCUT2D eigenvalue weighted by molar-refractivity contribution is -0.140. The molecule has 2 saturated heterocycles. The number of rotatable bonds is 6. The van der Waals surface area contributed by atoms with Crippen LogP contribution in [0, 0.1) is 5.92 Å². The van der Waals surface area contributed by atoms with Crippen molar-refractivity contribution in [1.29, 1.82) is 0 Å². The SMILES string of the molecule is O=C(CCNS(=O)(=O)c1ccccc1)N1CCC(C(=O)N2CCCC2)CC1. The Morgan fingerprint density at radius 2 is 1.59 bits per heavy atom. The Labute approximate surface area is 160 Å². The molecule has 8 heteroatoms. The summed E-state index contributed by atoms with van der Waals surface area (Å²) in [6, 6.07) is 8.11. The second-order valence-corrected chi connectivity index (χ2v) is 8.92. The van der Waals surface area contributed by atoms with Crippen molar-refractivity contribution < 1.29 is 18.0 Å². The van der Waals surface area contributed by atoms with E-state index < -0.39 is 10.0 Å². The average Bonchev–Trinajstić information content (AvgIpc) is 3.23. The molecular formula is C19H27N3O4S. The topological polar surface area (TPSA) is 86.8 Å². The third-order valence-corrected chi connectivity index (χ3v) is 6.78. The molecule has 0 spiro atoms. The van der Waals surface area contributed by atoms with Crippen molar-refractivity contribution in [3.8, 4) is 0 Å². The number of hydrogen-bond donors (Lipinski definition) is 1. The van der Waals surface area contributed by atoms with Crippen LogP contribution in [0.2, 0.25) is 0 Å². The van der Waals surface area contributed by atoms with Gasteiger partial charge in [0, 0.05) is 45.1 Å². The summed E-state index contributed by atoms with van der Waals surface area (Å²) in [7, 11) is -3.59. The number of likely N-dealkylation sites (tertiary alicyclic amines) is 2. The van der Waals surface area contributed by atoms with Crippen LogP contribution in [0.4, 0.5) is 0 Å². The van der Waals surface area contributed by atoms with E-state index in [0.29, 0.717) is 25.9 Å². The number of sulfonamides is 1. The van der Waals surface area contributed by atoms with Gasteiger partial charge in [-0.3, -0.25) is 9.59 Å². The second-order valence-electron chi connectivity index (χ2n) is 7.15. The number of benzene rings is 1. The van der Waals surface area contributed by atoms with Crippen LogP contribution < -0.4 is 4.72 Å². The smallest absolute Gasteiger partial charge is 0.240 e. The lowest BCUT2D eigenvalue weighted by Gasteiger charge is -2.33. The summed E-state index contributed by atoms with van der Waals surface area (Å²) >= 11 is 0. The van der Waals surface area contributed by atoms with Gasteiger partial charge in [-0.25, -0.2) is 13.1 Å². The van der Waals surface area contributed by atoms with E-state index in [-0.39, 0.29) is 35.6 Å². The molecule has 0 aliphatic carbocycles. The van der Waals surface area contributed by atoms with Crippen molar-refractivity contribution in [3.63, 3.8) is 0 Å². The summed E-state index contributed by atoms with van der Waals surface area (Å²) in [5.41, 5.74) is 0. The van der Waals surface area contributed by atoms with Gasteiger partial charge in [0.25, 0.3) is 0 Å². The molecule has 0 radical (unpaired) electrons. The summed E-state index contributed by atoms with van der Waals surface area (Å²) in [4.78, 5) is 28.7. The fourth-order valence-electron chi connectivity index (χ4n) is 3.70. The standard InChI is InChI=1S/C19H27N3O4S/c23-18(8-11-20-27(25,26)17-6-2-1-3-7-17)21-14-9-16(10-15-21)19(24)22-12-4-5-13-22/h1-3,6-7,16,20H,4-5,8-15H2. The first-order valence-electron chi connectivity index (χ1n) is 9.58. The summed E-state index contributed by atoms with van der Waals surface area (Å²) in [6.07, 6.45) is 3.67. The van der Waals surface area contributed by atoms with Gasteiger partial charge in [-0.2, -0.15) is 0 Å². The highest BCUT2D eigenvalue weighted by molar-refractivity contribution is 7.89. The molecular weight excluding hydrogens is 366 g/mol. The molecule has 2 aliphatic rings. The van der Waals surface area contributed by atoms with Crippen LogP contribution in [0.15, 0.2) is 35.2 Å². The minimum Gasteiger partial charge on any atom is -0.343 e. The Morgan fingerprint density at radius 3 is 2.22 bits per heavy atom. The number of hydrogen-bond acceptors (Lipinski definition) is 4. The van der Waals surface area contributed by atoms with Gasteiger partial charge < -0.3 is 9.80 Å². The number of carbonyl (C=O) groups is 2. The third-order valence-electron chi connectivity index (χ3n) is 5.30. The maximum Gasteiger partial charge on any atom is 0.240 e. The summed E-state index contributed by atoms with van der Waals surface area (Å²) < 4.78 is 26.8. The molecule has 0 unspecified atom stereocenters. The Morgan fingerprint density at radius 1 is 0.963 bits per heavy atom. The zero-order chi connectivity index (χ0) is 19.3. The highest BCUT2D eigenvalue weighted by atomic mass is 32.2. The number of nitrogens with zero attached hydrogens (tertiary/aromatic N) is 2. The van der Waals surface area contributed by atoms with Crippen molar-refractivity contribution in [1.82, 2.24) is 14.5 Å². The molecule has 0 bridgehead atoms. The molecule has 1 aromatic carbocycles. The van der Waals surface area contributed by atoms with Crippen molar-refractivity contribution in [2.45, 2.75) is 37.0 Å². The predicted octanol–water partition coefficient (Wildman–Crippen LogP) is 1.22. The highest BCUT2D eigenvalue weighted by Crippen LogP contribution is 2.22. The van der Waals surface area contributed by atoms with Crippen LogP contribution in [0.3, 0.4) is 0 Å². The van der Waals surface area contributed by atoms with E-state index in [2.05, 4.69) is 4.72 Å². The van der Waals surface area contributed by atoms with Crippen molar-refractivity contribution in [2.24, 2.45) is 5.92 Å². The van der Waals surface area contributed by atoms with E-state index in [4.69, 9.17) is 0 Å². The van der Waals surface area contributed by atoms with Gasteiger partial charge in [0.2, 0.25) is 21.8 Å². The van der Waals surface area contributed by atoms with Gasteiger partial charge in [-0.1, -0.05) is 18.2 Å². The van der Waals surface area contributed by atoms with Gasteiger partial charge >= 0.3 is 0 Å². The largest absolute Gasteiger partial charge is 0.343 e. The maximum atomic E-state index is 12.4. The van der Waals surface area contributed by atoms with E-state index in [1.54, 1.807) is 23.1 Å². The molecule has 2 heterocycles. The minimum absolute atomic E-state index is 0.0173. The van der Waals surface area contributed by atoms with Gasteiger partial charge in [-0.05, 0) is 37.8 Å². The molecule has 3 rings (SSSR count). The Balaban J connectivity index is 1.41. The number of nitrogens with one attached hydrogen (secondary N) is 1. The zero-order valence-corrected chi connectivity index (χ0v) is 16.3. The van der Waals surface area contributed by atoms with E-state index >= 15 is 0 Å². The van der Waals surface area contributed by atoms with Crippen LogP contribution in [0.1, 0.15) is 32.1 Å². The van der Waals surface area contributed by atoms with Crippen molar-refractivity contribution in [3.05, 3.63) is 30.3 Å². The number of carbonyl (C=O) groups excluding carboxylic acids is 2. The fourth-order valence-corrected chi connectivity index (χ4v) is 4.76. The van der Waals surface area contributed by atoms with E-state index in [1.807, 2.05) is 4.90 Å². The van der Waals surface area contributed by atoms with Crippen molar-refractivity contribution in [2.75, 3.05) is 32.7 Å². The van der Waals surface area contributed by atoms with E-state index in [9.17, 15) is 18.0 Å². The molecule has 0 atom stereocenters. The summed E-state index contributed by atoms with van der Waals surface area (Å²) in [5, 5.41) is 0. The molecule has 1 N–H and O–H groups in total. The number of amides is 2. The van der Waals surface area contributed by atoms with Gasteiger partial charge in [0.1, 0.15) is 0 Å². The first kappa shape index (κ1) is 19.8. The summed E-state index contributed by atoms with van der Waals surface area (Å²) in [5.74, 6) is 0.178. The zero-order valence-electron chi connectivity index (χ0n) is 15.5. The lowest BCUT2D eigenvalue weighted by atomic mass is 9.95. The molecule has 2 aliphatic heterocycles. The Bertz CT molecular complexity index is 752. The average molecular weight is 394 g/mol. The normalized spacial score (nSPS) is 18.7. The first-order chi connectivity index (χ1) is 13.0. The quantitative estimate of drug-likeness (QED) is 0.787. The molecule has 2 amide bonds. The van der Waals surface area contributed by atoms with E-state index in [1.165, 1.54) is 12.1 Å². The van der Waals surface area contributed by atoms with E-state index in [0.717, 1.165) is 25.9 Å². The fraction of sp³-hybridized carbons (Fsp3) is 0.579. The predicted molar refractivity (Wildman–Crippen MR) is 101 cm³/mol. The lowest BCUT2D eigenvalue weighted by Crippen LogP contribution is -2.44. The third kappa shape index (κ3) is 5.07. The second kappa shape index (κ2) is 8.84. The molecule has 2 fully saturated rings. The summed E-state index contributed by atoms with van der Waals surface area (Å²) in [6.45, 7) is 2.92. The molecule has 1 aromatic rings. The van der Waals surface area contributed by atoms with Crippen molar-refractivity contribution >= 4 is 21.8 Å². The van der Waals surface area contributed by atoms with Gasteiger partial charge in [-0.15, -0.1) is 0 Å². The van der Waals surface area contributed by atoms with Crippen LogP contribution in [0.5, 0.6) is 0 Å². The van der Waals surface area contributed by atoms with Gasteiger partial charge in [0.05, 0.1) is 4.90 Å². The minimum atomic E-state index is -3.59. The van der Waals surface area contributed by atoms with Crippen LogP contribution >= 0.6 is 0 Å². The maximum absolute atomic E-state index is 12.4. The Hall–Kier alpha value is -1.93. The Kier molecular flexibility index (Phi) is 6.49. The number of piperidine rings is 1. The van der Waals surface area contributed by atoms with Crippen LogP contribution in [-0.2, 0) is 19.6 Å². The molecule has 27 heavy (non-hydrogen) atoms.